The molecule has 0 radical (unpaired) electrons. The SMILES string of the molecule is CC(=O)/C(=N\Nc1ccc(C)cc1)N1CCCC1=O. The van der Waals surface area contributed by atoms with Crippen LogP contribution < -0.4 is 5.43 Å². The zero-order valence-electron chi connectivity index (χ0n) is 11.1. The molecular weight excluding hydrogens is 242 g/mol. The number of nitrogens with one attached hydrogen (secondary N) is 1. The van der Waals surface area contributed by atoms with E-state index in [1.54, 1.807) is 0 Å². The van der Waals surface area contributed by atoms with E-state index in [0.29, 0.717) is 13.0 Å². The van der Waals surface area contributed by atoms with Crippen molar-refractivity contribution in [1.82, 2.24) is 4.90 Å². The minimum atomic E-state index is -0.213. The van der Waals surface area contributed by atoms with Gasteiger partial charge in [-0.2, -0.15) is 5.10 Å². The third-order valence-electron chi connectivity index (χ3n) is 2.99. The first kappa shape index (κ1) is 13.3. The van der Waals surface area contributed by atoms with Crippen LogP contribution in [0.4, 0.5) is 5.69 Å². The molecule has 0 spiro atoms. The third-order valence-corrected chi connectivity index (χ3v) is 2.99. The van der Waals surface area contributed by atoms with Crippen LogP contribution >= 0.6 is 0 Å². The second kappa shape index (κ2) is 5.65. The summed E-state index contributed by atoms with van der Waals surface area (Å²) in [5.41, 5.74) is 4.76. The fourth-order valence-corrected chi connectivity index (χ4v) is 1.95. The fraction of sp³-hybridized carbons (Fsp3) is 0.357. The van der Waals surface area contributed by atoms with Gasteiger partial charge >= 0.3 is 0 Å². The van der Waals surface area contributed by atoms with E-state index in [2.05, 4.69) is 10.5 Å². The van der Waals surface area contributed by atoms with E-state index in [-0.39, 0.29) is 17.5 Å². The Kier molecular flexibility index (Phi) is 3.94. The Morgan fingerprint density at radius 3 is 2.53 bits per heavy atom. The fourth-order valence-electron chi connectivity index (χ4n) is 1.95. The lowest BCUT2D eigenvalue weighted by molar-refractivity contribution is -0.125. The van der Waals surface area contributed by atoms with Crippen molar-refractivity contribution in [2.24, 2.45) is 5.10 Å². The van der Waals surface area contributed by atoms with Gasteiger partial charge in [0.1, 0.15) is 0 Å². The van der Waals surface area contributed by atoms with E-state index < -0.39 is 0 Å². The number of anilines is 1. The number of hydrogen-bond acceptors (Lipinski definition) is 4. The topological polar surface area (TPSA) is 61.8 Å². The molecule has 1 aromatic rings. The van der Waals surface area contributed by atoms with Crippen LogP contribution in [0.2, 0.25) is 0 Å². The number of aryl methyl sites for hydroxylation is 1. The molecule has 1 amide bonds. The molecule has 0 bridgehead atoms. The summed E-state index contributed by atoms with van der Waals surface area (Å²) >= 11 is 0. The Balaban J connectivity index is 2.15. The van der Waals surface area contributed by atoms with Crippen molar-refractivity contribution in [3.05, 3.63) is 29.8 Å². The van der Waals surface area contributed by atoms with Crippen LogP contribution in [-0.2, 0) is 9.59 Å². The monoisotopic (exact) mass is 259 g/mol. The Bertz CT molecular complexity index is 520. The minimum absolute atomic E-state index is 0.0420. The number of benzene rings is 1. The lowest BCUT2D eigenvalue weighted by Gasteiger charge is -2.15. The first-order chi connectivity index (χ1) is 9.08. The van der Waals surface area contributed by atoms with E-state index >= 15 is 0 Å². The van der Waals surface area contributed by atoms with Crippen molar-refractivity contribution in [2.45, 2.75) is 26.7 Å². The van der Waals surface area contributed by atoms with Gasteiger partial charge in [0, 0.05) is 19.9 Å². The highest BCUT2D eigenvalue weighted by atomic mass is 16.2. The number of ketones is 1. The first-order valence-corrected chi connectivity index (χ1v) is 6.29. The van der Waals surface area contributed by atoms with Gasteiger partial charge in [-0.1, -0.05) is 17.7 Å². The van der Waals surface area contributed by atoms with Crippen LogP contribution in [0.1, 0.15) is 25.3 Å². The van der Waals surface area contributed by atoms with Gasteiger partial charge in [-0.05, 0) is 25.5 Å². The number of hydrazone groups is 1. The second-order valence-electron chi connectivity index (χ2n) is 4.62. The molecule has 1 aromatic carbocycles. The molecule has 5 heteroatoms. The van der Waals surface area contributed by atoms with Crippen molar-refractivity contribution in [3.63, 3.8) is 0 Å². The smallest absolute Gasteiger partial charge is 0.228 e. The molecule has 2 rings (SSSR count). The van der Waals surface area contributed by atoms with Crippen LogP contribution in [-0.4, -0.2) is 29.0 Å². The first-order valence-electron chi connectivity index (χ1n) is 6.29. The van der Waals surface area contributed by atoms with E-state index in [0.717, 1.165) is 17.7 Å². The van der Waals surface area contributed by atoms with E-state index in [9.17, 15) is 9.59 Å². The van der Waals surface area contributed by atoms with Crippen LogP contribution in [0.25, 0.3) is 0 Å². The molecule has 1 aliphatic rings. The summed E-state index contributed by atoms with van der Waals surface area (Å²) in [6.45, 7) is 3.98. The number of carbonyl (C=O) groups excluding carboxylic acids is 2. The molecule has 1 fully saturated rings. The van der Waals surface area contributed by atoms with E-state index in [1.165, 1.54) is 11.8 Å². The number of carbonyl (C=O) groups is 2. The van der Waals surface area contributed by atoms with Crippen LogP contribution in [0.3, 0.4) is 0 Å². The number of amides is 1. The quantitative estimate of drug-likeness (QED) is 0.512. The minimum Gasteiger partial charge on any atom is -0.292 e. The van der Waals surface area contributed by atoms with Gasteiger partial charge in [0.15, 0.2) is 11.6 Å². The zero-order chi connectivity index (χ0) is 13.8. The van der Waals surface area contributed by atoms with Crippen LogP contribution in [0.5, 0.6) is 0 Å². The molecule has 0 saturated carbocycles. The molecule has 19 heavy (non-hydrogen) atoms. The molecule has 1 N–H and O–H groups in total. The Morgan fingerprint density at radius 2 is 2.00 bits per heavy atom. The van der Waals surface area contributed by atoms with E-state index in [1.807, 2.05) is 31.2 Å². The maximum atomic E-state index is 11.6. The highest BCUT2D eigenvalue weighted by Crippen LogP contribution is 2.13. The summed E-state index contributed by atoms with van der Waals surface area (Å²) < 4.78 is 0. The molecule has 0 unspecified atom stereocenters. The van der Waals surface area contributed by atoms with Gasteiger partial charge in [0.25, 0.3) is 0 Å². The predicted molar refractivity (Wildman–Crippen MR) is 73.9 cm³/mol. The molecule has 1 saturated heterocycles. The second-order valence-corrected chi connectivity index (χ2v) is 4.62. The lowest BCUT2D eigenvalue weighted by Crippen LogP contribution is -2.37. The summed E-state index contributed by atoms with van der Waals surface area (Å²) in [6, 6.07) is 7.66. The maximum absolute atomic E-state index is 11.6. The van der Waals surface area contributed by atoms with Gasteiger partial charge in [-0.3, -0.25) is 19.9 Å². The standard InChI is InChI=1S/C14H17N3O2/c1-10-5-7-12(8-6-10)15-16-14(11(2)18)17-9-3-4-13(17)19/h5-8,15H,3-4,9H2,1-2H3/b16-14+. The molecule has 0 aliphatic carbocycles. The predicted octanol–water partition coefficient (Wildman–Crippen LogP) is 1.93. The zero-order valence-corrected chi connectivity index (χ0v) is 11.1. The summed E-state index contributed by atoms with van der Waals surface area (Å²) in [4.78, 5) is 24.7. The molecule has 1 aliphatic heterocycles. The van der Waals surface area contributed by atoms with Crippen molar-refractivity contribution >= 4 is 23.2 Å². The Hall–Kier alpha value is -2.17. The molecule has 0 aromatic heterocycles. The Morgan fingerprint density at radius 1 is 1.32 bits per heavy atom. The summed E-state index contributed by atoms with van der Waals surface area (Å²) in [5, 5.41) is 4.08. The number of hydrogen-bond donors (Lipinski definition) is 1. The van der Waals surface area contributed by atoms with Crippen molar-refractivity contribution in [1.29, 1.82) is 0 Å². The van der Waals surface area contributed by atoms with Gasteiger partial charge in [-0.25, -0.2) is 0 Å². The molecular formula is C14H17N3O2. The van der Waals surface area contributed by atoms with Gasteiger partial charge < -0.3 is 0 Å². The van der Waals surface area contributed by atoms with Crippen molar-refractivity contribution in [3.8, 4) is 0 Å². The lowest BCUT2D eigenvalue weighted by atomic mass is 10.2. The third kappa shape index (κ3) is 3.19. The van der Waals surface area contributed by atoms with Crippen LogP contribution in [0, 0.1) is 6.92 Å². The van der Waals surface area contributed by atoms with E-state index in [4.69, 9.17) is 0 Å². The number of nitrogens with zero attached hydrogens (tertiary/aromatic N) is 2. The number of amidine groups is 1. The summed E-state index contributed by atoms with van der Waals surface area (Å²) in [5.74, 6) is -0.0717. The number of likely N-dealkylation sites (tertiary alicyclic amines) is 1. The summed E-state index contributed by atoms with van der Waals surface area (Å²) in [6.07, 6.45) is 1.26. The maximum Gasteiger partial charge on any atom is 0.228 e. The normalized spacial score (nSPS) is 15.8. The summed E-state index contributed by atoms with van der Waals surface area (Å²) in [7, 11) is 0. The van der Waals surface area contributed by atoms with Crippen LogP contribution in [0.15, 0.2) is 29.4 Å². The average molecular weight is 259 g/mol. The highest BCUT2D eigenvalue weighted by molar-refractivity contribution is 6.40. The molecule has 100 valence electrons. The number of Topliss-reactive ketones (excluding diaryl/α,β-unsaturated/α-hetero) is 1. The molecule has 1 heterocycles. The highest BCUT2D eigenvalue weighted by Gasteiger charge is 2.27. The molecule has 5 nitrogen and oxygen atoms in total. The number of rotatable bonds is 3. The van der Waals surface area contributed by atoms with Crippen molar-refractivity contribution < 1.29 is 9.59 Å². The average Bonchev–Trinajstić information content (AvgIpc) is 2.78. The van der Waals surface area contributed by atoms with Gasteiger partial charge in [0.05, 0.1) is 5.69 Å². The van der Waals surface area contributed by atoms with Crippen molar-refractivity contribution in [2.75, 3.05) is 12.0 Å². The largest absolute Gasteiger partial charge is 0.292 e. The Labute approximate surface area is 112 Å². The molecule has 0 atom stereocenters. The van der Waals surface area contributed by atoms with Gasteiger partial charge in [0.2, 0.25) is 5.91 Å². The van der Waals surface area contributed by atoms with Gasteiger partial charge in [-0.15, -0.1) is 0 Å².